The van der Waals surface area contributed by atoms with Gasteiger partial charge in [-0.2, -0.15) is 0 Å². The van der Waals surface area contributed by atoms with E-state index in [2.05, 4.69) is 5.32 Å². The average molecular weight is 217 g/mol. The molecule has 2 fully saturated rings. The SMILES string of the molecule is CC(Cl)C(=O)N1CC2(CCNCC2)C1. The number of amides is 1. The molecular formula is C10H17ClN2O. The highest BCUT2D eigenvalue weighted by Crippen LogP contribution is 2.38. The molecule has 3 nitrogen and oxygen atoms in total. The maximum atomic E-state index is 11.5. The van der Waals surface area contributed by atoms with Crippen molar-refractivity contribution < 1.29 is 4.79 Å². The summed E-state index contributed by atoms with van der Waals surface area (Å²) in [6, 6.07) is 0. The van der Waals surface area contributed by atoms with Crippen molar-refractivity contribution in [2.24, 2.45) is 5.41 Å². The maximum Gasteiger partial charge on any atom is 0.240 e. The van der Waals surface area contributed by atoms with Crippen LogP contribution in [0.15, 0.2) is 0 Å². The molecule has 0 aromatic heterocycles. The van der Waals surface area contributed by atoms with Gasteiger partial charge < -0.3 is 10.2 Å². The zero-order valence-electron chi connectivity index (χ0n) is 8.55. The van der Waals surface area contributed by atoms with Crippen LogP contribution >= 0.6 is 11.6 Å². The van der Waals surface area contributed by atoms with E-state index in [1.165, 1.54) is 12.8 Å². The van der Waals surface area contributed by atoms with Crippen LogP contribution in [0, 0.1) is 5.41 Å². The molecule has 0 bridgehead atoms. The fraction of sp³-hybridized carbons (Fsp3) is 0.900. The quantitative estimate of drug-likeness (QED) is 0.659. The second-order valence-corrected chi connectivity index (χ2v) is 5.21. The van der Waals surface area contributed by atoms with Gasteiger partial charge in [-0.25, -0.2) is 0 Å². The molecule has 2 aliphatic rings. The number of halogens is 1. The summed E-state index contributed by atoms with van der Waals surface area (Å²) in [5.74, 6) is 0.0934. The highest BCUT2D eigenvalue weighted by Gasteiger charge is 2.45. The second-order valence-electron chi connectivity index (χ2n) is 4.56. The number of hydrogen-bond donors (Lipinski definition) is 1. The predicted molar refractivity (Wildman–Crippen MR) is 56.4 cm³/mol. The molecule has 0 aromatic carbocycles. The van der Waals surface area contributed by atoms with Crippen molar-refractivity contribution in [3.63, 3.8) is 0 Å². The van der Waals surface area contributed by atoms with Crippen LogP contribution in [0.25, 0.3) is 0 Å². The Morgan fingerprint density at radius 2 is 2.00 bits per heavy atom. The van der Waals surface area contributed by atoms with Crippen molar-refractivity contribution in [1.82, 2.24) is 10.2 Å². The molecule has 2 aliphatic heterocycles. The van der Waals surface area contributed by atoms with Gasteiger partial charge in [0.15, 0.2) is 0 Å². The van der Waals surface area contributed by atoms with Gasteiger partial charge in [0, 0.05) is 18.5 Å². The molecule has 0 saturated carbocycles. The molecule has 0 aromatic rings. The minimum Gasteiger partial charge on any atom is -0.340 e. The lowest BCUT2D eigenvalue weighted by Crippen LogP contribution is -2.62. The molecule has 1 amide bonds. The van der Waals surface area contributed by atoms with Gasteiger partial charge in [-0.3, -0.25) is 4.79 Å². The van der Waals surface area contributed by atoms with Gasteiger partial charge in [0.25, 0.3) is 0 Å². The number of piperidine rings is 1. The first-order valence-electron chi connectivity index (χ1n) is 5.27. The predicted octanol–water partition coefficient (Wildman–Crippen LogP) is 0.826. The number of rotatable bonds is 1. The van der Waals surface area contributed by atoms with E-state index in [1.54, 1.807) is 6.92 Å². The largest absolute Gasteiger partial charge is 0.340 e. The van der Waals surface area contributed by atoms with Gasteiger partial charge in [-0.1, -0.05) is 0 Å². The van der Waals surface area contributed by atoms with E-state index in [1.807, 2.05) is 4.90 Å². The van der Waals surface area contributed by atoms with Crippen LogP contribution in [0.5, 0.6) is 0 Å². The van der Waals surface area contributed by atoms with Crippen LogP contribution in [-0.2, 0) is 4.79 Å². The van der Waals surface area contributed by atoms with E-state index in [0.717, 1.165) is 26.2 Å². The van der Waals surface area contributed by atoms with Crippen LogP contribution in [-0.4, -0.2) is 42.4 Å². The number of carbonyl (C=O) groups excluding carboxylic acids is 1. The van der Waals surface area contributed by atoms with Crippen LogP contribution < -0.4 is 5.32 Å². The van der Waals surface area contributed by atoms with Crippen LogP contribution in [0.3, 0.4) is 0 Å². The monoisotopic (exact) mass is 216 g/mol. The lowest BCUT2D eigenvalue weighted by atomic mass is 9.72. The topological polar surface area (TPSA) is 32.3 Å². The lowest BCUT2D eigenvalue weighted by Gasteiger charge is -2.52. The Hall–Kier alpha value is -0.280. The standard InChI is InChI=1S/C10H17ClN2O/c1-8(11)9(14)13-6-10(7-13)2-4-12-5-3-10/h8,12H,2-7H2,1H3. The van der Waals surface area contributed by atoms with E-state index >= 15 is 0 Å². The Morgan fingerprint density at radius 1 is 1.43 bits per heavy atom. The van der Waals surface area contributed by atoms with Crippen molar-refractivity contribution in [3.05, 3.63) is 0 Å². The summed E-state index contributed by atoms with van der Waals surface area (Å²) in [6.07, 6.45) is 2.40. The molecular weight excluding hydrogens is 200 g/mol. The Labute approximate surface area is 89.8 Å². The highest BCUT2D eigenvalue weighted by molar-refractivity contribution is 6.30. The molecule has 14 heavy (non-hydrogen) atoms. The van der Waals surface area contributed by atoms with Crippen LogP contribution in [0.2, 0.25) is 0 Å². The summed E-state index contributed by atoms with van der Waals surface area (Å²) >= 11 is 5.76. The molecule has 0 radical (unpaired) electrons. The Morgan fingerprint density at radius 3 is 2.50 bits per heavy atom. The number of hydrogen-bond acceptors (Lipinski definition) is 2. The van der Waals surface area contributed by atoms with Crippen LogP contribution in [0.1, 0.15) is 19.8 Å². The summed E-state index contributed by atoms with van der Waals surface area (Å²) in [5.41, 5.74) is 0.423. The highest BCUT2D eigenvalue weighted by atomic mass is 35.5. The first-order valence-corrected chi connectivity index (χ1v) is 5.70. The maximum absolute atomic E-state index is 11.5. The zero-order valence-corrected chi connectivity index (χ0v) is 9.31. The average Bonchev–Trinajstić information content (AvgIpc) is 2.14. The molecule has 0 aliphatic carbocycles. The molecule has 1 N–H and O–H groups in total. The molecule has 4 heteroatoms. The van der Waals surface area contributed by atoms with Gasteiger partial charge in [0.2, 0.25) is 5.91 Å². The van der Waals surface area contributed by atoms with Crippen molar-refractivity contribution in [2.75, 3.05) is 26.2 Å². The van der Waals surface area contributed by atoms with Gasteiger partial charge in [-0.15, -0.1) is 11.6 Å². The fourth-order valence-electron chi connectivity index (χ4n) is 2.44. The third-order valence-electron chi connectivity index (χ3n) is 3.37. The molecule has 1 atom stereocenters. The number of likely N-dealkylation sites (tertiary alicyclic amines) is 1. The third-order valence-corrected chi connectivity index (χ3v) is 3.56. The summed E-state index contributed by atoms with van der Waals surface area (Å²) in [6.45, 7) is 5.78. The first kappa shape index (κ1) is 10.2. The number of carbonyl (C=O) groups is 1. The number of alkyl halides is 1. The summed E-state index contributed by atoms with van der Waals surface area (Å²) in [7, 11) is 0. The van der Waals surface area contributed by atoms with Gasteiger partial charge in [0.05, 0.1) is 0 Å². The fourth-order valence-corrected chi connectivity index (χ4v) is 2.58. The lowest BCUT2D eigenvalue weighted by molar-refractivity contribution is -0.144. The molecule has 2 heterocycles. The summed E-state index contributed by atoms with van der Waals surface area (Å²) in [5, 5.41) is 2.98. The molecule has 2 rings (SSSR count). The third kappa shape index (κ3) is 1.75. The molecule has 1 unspecified atom stereocenters. The normalized spacial score (nSPS) is 27.1. The number of nitrogens with one attached hydrogen (secondary N) is 1. The van der Waals surface area contributed by atoms with Gasteiger partial charge in [-0.05, 0) is 32.9 Å². The van der Waals surface area contributed by atoms with Crippen molar-refractivity contribution in [1.29, 1.82) is 0 Å². The Bertz CT molecular complexity index is 228. The van der Waals surface area contributed by atoms with Crippen molar-refractivity contribution >= 4 is 17.5 Å². The van der Waals surface area contributed by atoms with E-state index in [-0.39, 0.29) is 11.3 Å². The van der Waals surface area contributed by atoms with E-state index in [4.69, 9.17) is 11.6 Å². The summed E-state index contributed by atoms with van der Waals surface area (Å²) < 4.78 is 0. The molecule has 80 valence electrons. The Kier molecular flexibility index (Phi) is 2.71. The molecule has 2 saturated heterocycles. The minimum atomic E-state index is -0.367. The first-order chi connectivity index (χ1) is 6.63. The van der Waals surface area contributed by atoms with Crippen molar-refractivity contribution in [3.8, 4) is 0 Å². The van der Waals surface area contributed by atoms with Crippen molar-refractivity contribution in [2.45, 2.75) is 25.1 Å². The van der Waals surface area contributed by atoms with Crippen LogP contribution in [0.4, 0.5) is 0 Å². The van der Waals surface area contributed by atoms with Gasteiger partial charge >= 0.3 is 0 Å². The summed E-state index contributed by atoms with van der Waals surface area (Å²) in [4.78, 5) is 13.4. The zero-order chi connectivity index (χ0) is 10.2. The van der Waals surface area contributed by atoms with E-state index < -0.39 is 0 Å². The Balaban J connectivity index is 1.85. The van der Waals surface area contributed by atoms with Gasteiger partial charge in [0.1, 0.15) is 5.38 Å². The minimum absolute atomic E-state index is 0.0934. The van der Waals surface area contributed by atoms with E-state index in [0.29, 0.717) is 5.41 Å². The molecule has 1 spiro atoms. The second kappa shape index (κ2) is 3.70. The number of nitrogens with zero attached hydrogens (tertiary/aromatic N) is 1. The van der Waals surface area contributed by atoms with E-state index in [9.17, 15) is 4.79 Å². The smallest absolute Gasteiger partial charge is 0.240 e.